The van der Waals surface area contributed by atoms with Gasteiger partial charge in [-0.15, -0.1) is 11.8 Å². The summed E-state index contributed by atoms with van der Waals surface area (Å²) in [5.74, 6) is 0.664. The molecule has 0 saturated heterocycles. The highest BCUT2D eigenvalue weighted by Gasteiger charge is 2.30. The van der Waals surface area contributed by atoms with Crippen molar-refractivity contribution < 1.29 is 14.5 Å². The van der Waals surface area contributed by atoms with E-state index in [9.17, 15) is 19.7 Å². The number of carbonyl (C=O) groups excluding carboxylic acids is 2. The van der Waals surface area contributed by atoms with Gasteiger partial charge in [0.05, 0.1) is 10.7 Å². The van der Waals surface area contributed by atoms with Gasteiger partial charge < -0.3 is 10.2 Å². The zero-order chi connectivity index (χ0) is 27.5. The first-order chi connectivity index (χ1) is 18.2. The Morgan fingerprint density at radius 2 is 1.66 bits per heavy atom. The van der Waals surface area contributed by atoms with Crippen molar-refractivity contribution in [2.75, 3.05) is 12.3 Å². The summed E-state index contributed by atoms with van der Waals surface area (Å²) in [6.07, 6.45) is 0.400. The highest BCUT2D eigenvalue weighted by Crippen LogP contribution is 2.21. The van der Waals surface area contributed by atoms with Crippen molar-refractivity contribution in [3.8, 4) is 0 Å². The lowest BCUT2D eigenvalue weighted by molar-refractivity contribution is -0.384. The highest BCUT2D eigenvalue weighted by atomic mass is 79.9. The van der Waals surface area contributed by atoms with Crippen LogP contribution >= 0.6 is 27.7 Å². The Morgan fingerprint density at radius 1 is 0.974 bits per heavy atom. The topological polar surface area (TPSA) is 92.6 Å². The molecule has 1 atom stereocenters. The average molecular weight is 599 g/mol. The molecule has 0 bridgehead atoms. The Labute approximate surface area is 236 Å². The Balaban J connectivity index is 1.82. The first-order valence-electron chi connectivity index (χ1n) is 12.4. The van der Waals surface area contributed by atoms with Crippen LogP contribution in [0, 0.1) is 16.0 Å². The molecular weight excluding hydrogens is 566 g/mol. The van der Waals surface area contributed by atoms with Crippen molar-refractivity contribution >= 4 is 45.2 Å². The molecule has 3 aromatic carbocycles. The molecule has 1 N–H and O–H groups in total. The molecule has 0 aromatic heterocycles. The van der Waals surface area contributed by atoms with E-state index in [2.05, 4.69) is 21.2 Å². The standard InChI is InChI=1S/C29H32BrN3O4S/c1-21(2)17-31-29(35)27(16-22-7-4-3-5-8-22)32(18-24-9-6-10-25(30)15-24)28(34)20-38-19-23-11-13-26(14-12-23)33(36)37/h3-15,21,27H,16-20H2,1-2H3,(H,31,35)/t27-/m0/s1. The summed E-state index contributed by atoms with van der Waals surface area (Å²) < 4.78 is 0.902. The van der Waals surface area contributed by atoms with Crippen LogP contribution in [0.15, 0.2) is 83.3 Å². The van der Waals surface area contributed by atoms with E-state index < -0.39 is 11.0 Å². The van der Waals surface area contributed by atoms with Crippen molar-refractivity contribution in [2.24, 2.45) is 5.92 Å². The molecule has 9 heteroatoms. The first kappa shape index (κ1) is 29.4. The maximum absolute atomic E-state index is 13.7. The molecule has 3 aromatic rings. The minimum absolute atomic E-state index is 0.0335. The van der Waals surface area contributed by atoms with Gasteiger partial charge in [0.25, 0.3) is 5.69 Å². The third kappa shape index (κ3) is 9.29. The number of non-ortho nitro benzene ring substituents is 1. The minimum atomic E-state index is -0.678. The third-order valence-corrected chi connectivity index (χ3v) is 7.32. The minimum Gasteiger partial charge on any atom is -0.354 e. The molecule has 0 radical (unpaired) electrons. The molecule has 0 aliphatic heterocycles. The van der Waals surface area contributed by atoms with Crippen LogP contribution in [0.3, 0.4) is 0 Å². The summed E-state index contributed by atoms with van der Waals surface area (Å²) in [5, 5.41) is 13.9. The van der Waals surface area contributed by atoms with Gasteiger partial charge in [-0.05, 0) is 34.7 Å². The Hall–Kier alpha value is -3.17. The zero-order valence-corrected chi connectivity index (χ0v) is 23.9. The number of nitrogens with zero attached hydrogens (tertiary/aromatic N) is 2. The van der Waals surface area contributed by atoms with Gasteiger partial charge in [-0.25, -0.2) is 0 Å². The van der Waals surface area contributed by atoms with E-state index in [1.165, 1.54) is 23.9 Å². The molecule has 0 aliphatic carbocycles. The molecule has 38 heavy (non-hydrogen) atoms. The predicted molar refractivity (Wildman–Crippen MR) is 156 cm³/mol. The third-order valence-electron chi connectivity index (χ3n) is 5.84. The lowest BCUT2D eigenvalue weighted by atomic mass is 10.0. The highest BCUT2D eigenvalue weighted by molar-refractivity contribution is 9.10. The fourth-order valence-electron chi connectivity index (χ4n) is 3.86. The molecule has 0 heterocycles. The fourth-order valence-corrected chi connectivity index (χ4v) is 5.18. The van der Waals surface area contributed by atoms with Gasteiger partial charge in [0.1, 0.15) is 6.04 Å². The second-order valence-corrected chi connectivity index (χ2v) is 11.3. The van der Waals surface area contributed by atoms with Gasteiger partial charge in [-0.3, -0.25) is 19.7 Å². The molecule has 7 nitrogen and oxygen atoms in total. The fraction of sp³-hybridized carbons (Fsp3) is 0.310. The number of carbonyl (C=O) groups is 2. The van der Waals surface area contributed by atoms with Gasteiger partial charge in [0.2, 0.25) is 11.8 Å². The first-order valence-corrected chi connectivity index (χ1v) is 14.3. The summed E-state index contributed by atoms with van der Waals surface area (Å²) in [4.78, 5) is 39.3. The van der Waals surface area contributed by atoms with Crippen LogP contribution in [0.25, 0.3) is 0 Å². The van der Waals surface area contributed by atoms with Crippen molar-refractivity contribution in [3.05, 3.63) is 110 Å². The van der Waals surface area contributed by atoms with Gasteiger partial charge in [-0.1, -0.05) is 84.4 Å². The lowest BCUT2D eigenvalue weighted by Crippen LogP contribution is -2.51. The van der Waals surface area contributed by atoms with Crippen LogP contribution < -0.4 is 5.32 Å². The number of benzene rings is 3. The molecule has 0 aliphatic rings. The maximum atomic E-state index is 13.7. The van der Waals surface area contributed by atoms with Gasteiger partial charge in [0, 0.05) is 41.9 Å². The number of nitro benzene ring substituents is 1. The smallest absolute Gasteiger partial charge is 0.269 e. The zero-order valence-electron chi connectivity index (χ0n) is 21.5. The van der Waals surface area contributed by atoms with E-state index in [0.717, 1.165) is 21.2 Å². The Kier molecular flexibility index (Phi) is 11.4. The van der Waals surface area contributed by atoms with Crippen LogP contribution in [-0.2, 0) is 28.3 Å². The Morgan fingerprint density at radius 3 is 2.29 bits per heavy atom. The summed E-state index contributed by atoms with van der Waals surface area (Å²) in [6, 6.07) is 23.1. The molecule has 0 spiro atoms. The number of nitrogens with one attached hydrogen (secondary N) is 1. The molecule has 0 fully saturated rings. The quantitative estimate of drug-likeness (QED) is 0.192. The van der Waals surface area contributed by atoms with Crippen molar-refractivity contribution in [1.29, 1.82) is 0 Å². The van der Waals surface area contributed by atoms with E-state index in [1.54, 1.807) is 17.0 Å². The molecular formula is C29H32BrN3O4S. The number of rotatable bonds is 13. The van der Waals surface area contributed by atoms with E-state index in [4.69, 9.17) is 0 Å². The van der Waals surface area contributed by atoms with Crippen molar-refractivity contribution in [1.82, 2.24) is 10.2 Å². The average Bonchev–Trinajstić information content (AvgIpc) is 2.90. The normalized spacial score (nSPS) is 11.7. The maximum Gasteiger partial charge on any atom is 0.269 e. The van der Waals surface area contributed by atoms with E-state index in [-0.39, 0.29) is 29.2 Å². The van der Waals surface area contributed by atoms with Crippen LogP contribution in [0.5, 0.6) is 0 Å². The summed E-state index contributed by atoms with van der Waals surface area (Å²) >= 11 is 4.92. The van der Waals surface area contributed by atoms with Crippen molar-refractivity contribution in [2.45, 2.75) is 38.6 Å². The van der Waals surface area contributed by atoms with Crippen LogP contribution in [-0.4, -0.2) is 40.0 Å². The number of halogens is 1. The number of nitro groups is 1. The largest absolute Gasteiger partial charge is 0.354 e. The Bertz CT molecular complexity index is 1220. The van der Waals surface area contributed by atoms with Crippen LogP contribution in [0.1, 0.15) is 30.5 Å². The van der Waals surface area contributed by atoms with E-state index in [0.29, 0.717) is 25.3 Å². The SMILES string of the molecule is CC(C)CNC(=O)[C@H](Cc1ccccc1)N(Cc1cccc(Br)c1)C(=O)CSCc1ccc([N+](=O)[O-])cc1. The van der Waals surface area contributed by atoms with Gasteiger partial charge in [-0.2, -0.15) is 0 Å². The number of hydrogen-bond donors (Lipinski definition) is 1. The predicted octanol–water partition coefficient (Wildman–Crippen LogP) is 6.00. The molecule has 0 unspecified atom stereocenters. The monoisotopic (exact) mass is 597 g/mol. The number of hydrogen-bond acceptors (Lipinski definition) is 5. The van der Waals surface area contributed by atoms with E-state index >= 15 is 0 Å². The number of amides is 2. The molecule has 0 saturated carbocycles. The molecule has 3 rings (SSSR count). The second-order valence-electron chi connectivity index (χ2n) is 9.41. The number of thioether (sulfide) groups is 1. The van der Waals surface area contributed by atoms with Crippen molar-refractivity contribution in [3.63, 3.8) is 0 Å². The molecule has 200 valence electrons. The summed E-state index contributed by atoms with van der Waals surface area (Å²) in [6.45, 7) is 4.89. The van der Waals surface area contributed by atoms with E-state index in [1.807, 2.05) is 68.4 Å². The van der Waals surface area contributed by atoms with Crippen LogP contribution in [0.2, 0.25) is 0 Å². The summed E-state index contributed by atoms with van der Waals surface area (Å²) in [7, 11) is 0. The van der Waals surface area contributed by atoms with Gasteiger partial charge >= 0.3 is 0 Å². The second kappa shape index (κ2) is 14.7. The summed E-state index contributed by atoms with van der Waals surface area (Å²) in [5.41, 5.74) is 2.82. The van der Waals surface area contributed by atoms with Crippen LogP contribution in [0.4, 0.5) is 5.69 Å². The van der Waals surface area contributed by atoms with Gasteiger partial charge in [0.15, 0.2) is 0 Å². The molecule has 2 amide bonds. The lowest BCUT2D eigenvalue weighted by Gasteiger charge is -2.32.